The zero-order valence-corrected chi connectivity index (χ0v) is 23.9. The Morgan fingerprint density at radius 1 is 1.09 bits per heavy atom. The molecule has 0 unspecified atom stereocenters. The average Bonchev–Trinajstić information content (AvgIpc) is 3.77. The summed E-state index contributed by atoms with van der Waals surface area (Å²) in [6, 6.07) is 14.6. The lowest BCUT2D eigenvalue weighted by atomic mass is 9.80. The number of hydrogen-bond donors (Lipinski definition) is 1. The number of carbonyl (C=O) groups excluding carboxylic acids is 2. The van der Waals surface area contributed by atoms with Gasteiger partial charge in [-0.1, -0.05) is 35.9 Å². The highest BCUT2D eigenvalue weighted by Gasteiger charge is 2.43. The topological polar surface area (TPSA) is 96.0 Å². The lowest BCUT2D eigenvalue weighted by Gasteiger charge is -2.20. The molecule has 1 saturated carbocycles. The number of nitrogens with zero attached hydrogens (tertiary/aromatic N) is 2. The zero-order valence-electron chi connectivity index (χ0n) is 23.9. The average molecular weight is 592 g/mol. The Kier molecular flexibility index (Phi) is 7.86. The van der Waals surface area contributed by atoms with E-state index in [-0.39, 0.29) is 57.1 Å². The van der Waals surface area contributed by atoms with Crippen LogP contribution in [-0.4, -0.2) is 29.9 Å². The van der Waals surface area contributed by atoms with E-state index in [0.717, 1.165) is 24.5 Å². The van der Waals surface area contributed by atoms with Gasteiger partial charge in [0.2, 0.25) is 5.71 Å². The minimum Gasteiger partial charge on any atom is -0.437 e. The van der Waals surface area contributed by atoms with E-state index in [1.54, 1.807) is 19.1 Å². The molecule has 1 amide bonds. The summed E-state index contributed by atoms with van der Waals surface area (Å²) in [7, 11) is 1.45. The highest BCUT2D eigenvalue weighted by atomic mass is 19.4. The van der Waals surface area contributed by atoms with E-state index >= 15 is 0 Å². The Labute approximate surface area is 245 Å². The number of hydrogen-bond acceptors (Lipinski definition) is 5. The maximum Gasteiger partial charge on any atom is 0.389 e. The molecule has 2 aromatic carbocycles. The number of ketones is 1. The summed E-state index contributed by atoms with van der Waals surface area (Å²) in [4.78, 5) is 30.8. The minimum absolute atomic E-state index is 0.0161. The number of nitriles is 1. The van der Waals surface area contributed by atoms with Crippen molar-refractivity contribution in [3.05, 3.63) is 76.7 Å². The van der Waals surface area contributed by atoms with E-state index in [4.69, 9.17) is 4.42 Å². The van der Waals surface area contributed by atoms with Gasteiger partial charge in [0.1, 0.15) is 11.6 Å². The van der Waals surface area contributed by atoms with E-state index in [1.807, 2.05) is 19.1 Å². The molecule has 1 atom stereocenters. The quantitative estimate of drug-likeness (QED) is 0.157. The van der Waals surface area contributed by atoms with Crippen LogP contribution < -0.4 is 5.32 Å². The predicted octanol–water partition coefficient (Wildman–Crippen LogP) is 7.98. The smallest absolute Gasteiger partial charge is 0.389 e. The maximum absolute atomic E-state index is 15.0. The van der Waals surface area contributed by atoms with Gasteiger partial charge < -0.3 is 9.73 Å². The number of amides is 1. The van der Waals surface area contributed by atoms with Crippen LogP contribution in [-0.2, 0) is 6.42 Å². The first-order chi connectivity index (χ1) is 20.3. The normalized spacial score (nSPS) is 14.7. The molecule has 1 fully saturated rings. The number of benzene rings is 2. The van der Waals surface area contributed by atoms with Crippen molar-refractivity contribution < 1.29 is 31.6 Å². The highest BCUT2D eigenvalue weighted by Crippen LogP contribution is 2.48. The third kappa shape index (κ3) is 6.17. The zero-order chi connectivity index (χ0) is 31.1. The molecule has 6 nitrogen and oxygen atoms in total. The van der Waals surface area contributed by atoms with Crippen molar-refractivity contribution in [1.82, 2.24) is 10.3 Å². The molecule has 0 saturated heterocycles. The Morgan fingerprint density at radius 3 is 2.37 bits per heavy atom. The van der Waals surface area contributed by atoms with Crippen molar-refractivity contribution in [3.63, 3.8) is 0 Å². The summed E-state index contributed by atoms with van der Waals surface area (Å²) in [5.41, 5.74) is 0.941. The second-order valence-electron chi connectivity index (χ2n) is 11.3. The van der Waals surface area contributed by atoms with Gasteiger partial charge in [-0.05, 0) is 62.8 Å². The van der Waals surface area contributed by atoms with Crippen LogP contribution >= 0.6 is 0 Å². The summed E-state index contributed by atoms with van der Waals surface area (Å²) < 4.78 is 60.9. The number of rotatable bonds is 9. The Balaban J connectivity index is 1.67. The van der Waals surface area contributed by atoms with E-state index < -0.39 is 41.9 Å². The fraction of sp³-hybridized carbons (Fsp3) is 0.333. The second kappa shape index (κ2) is 11.3. The number of nitrogens with one attached hydrogen (secondary N) is 1. The maximum atomic E-state index is 15.0. The van der Waals surface area contributed by atoms with Crippen molar-refractivity contribution in [3.8, 4) is 28.5 Å². The van der Waals surface area contributed by atoms with Crippen LogP contribution in [0.3, 0.4) is 0 Å². The highest BCUT2D eigenvalue weighted by molar-refractivity contribution is 6.11. The van der Waals surface area contributed by atoms with Gasteiger partial charge in [-0.2, -0.15) is 18.4 Å². The number of pyridine rings is 1. The van der Waals surface area contributed by atoms with Gasteiger partial charge >= 0.3 is 6.18 Å². The van der Waals surface area contributed by atoms with Gasteiger partial charge in [0.25, 0.3) is 5.91 Å². The number of halogens is 4. The SMILES string of the molecule is CNC(=O)c1c(-c2ccc(C)cc2)oc2nc(CCC(F)(F)F)c(-c3ccc(F)c(C(=O)C[C@](C)(C#N)C4CC4)c3)cc12. The van der Waals surface area contributed by atoms with Gasteiger partial charge in [0, 0.05) is 31.0 Å². The fourth-order valence-corrected chi connectivity index (χ4v) is 5.35. The number of aromatic nitrogens is 1. The lowest BCUT2D eigenvalue weighted by molar-refractivity contribution is -0.134. The number of furan rings is 1. The first-order valence-corrected chi connectivity index (χ1v) is 13.9. The second-order valence-corrected chi connectivity index (χ2v) is 11.3. The molecule has 1 aliphatic rings. The molecule has 1 aliphatic carbocycles. The molecular formula is C33H29F4N3O3. The van der Waals surface area contributed by atoms with E-state index in [1.165, 1.54) is 25.2 Å². The summed E-state index contributed by atoms with van der Waals surface area (Å²) in [5.74, 6) is -1.60. The van der Waals surface area contributed by atoms with Crippen LogP contribution in [0.5, 0.6) is 0 Å². The molecular weight excluding hydrogens is 562 g/mol. The number of fused-ring (bicyclic) bond motifs is 1. The van der Waals surface area contributed by atoms with Crippen molar-refractivity contribution in [2.45, 2.75) is 52.1 Å². The number of aryl methyl sites for hydroxylation is 2. The van der Waals surface area contributed by atoms with Gasteiger partial charge in [-0.25, -0.2) is 9.37 Å². The van der Waals surface area contributed by atoms with Gasteiger partial charge in [0.05, 0.1) is 33.7 Å². The van der Waals surface area contributed by atoms with Crippen LogP contribution in [0.25, 0.3) is 33.6 Å². The lowest BCUT2D eigenvalue weighted by Crippen LogP contribution is -2.22. The molecule has 0 bridgehead atoms. The van der Waals surface area contributed by atoms with Crippen LogP contribution in [0.15, 0.2) is 52.9 Å². The van der Waals surface area contributed by atoms with Gasteiger partial charge in [-0.3, -0.25) is 9.59 Å². The van der Waals surface area contributed by atoms with Gasteiger partial charge in [0.15, 0.2) is 5.78 Å². The largest absolute Gasteiger partial charge is 0.437 e. The van der Waals surface area contributed by atoms with E-state index in [9.17, 15) is 32.4 Å². The number of alkyl halides is 3. The standard InChI is InChI=1S/C33H29F4N3O3/c1-18-4-6-19(7-5-18)29-28(30(42)39-3)24-15-22(26(40-31(24)43-29)12-13-33(35,36)37)20-8-11-25(34)23(14-20)27(41)16-32(2,17-38)21-9-10-21/h4-8,11,14-15,21H,9-10,12-13,16H2,1-3H3,(H,39,42)/t32-/m1/s1. The fourth-order valence-electron chi connectivity index (χ4n) is 5.35. The molecule has 2 aromatic heterocycles. The Morgan fingerprint density at radius 2 is 1.77 bits per heavy atom. The Hall–Kier alpha value is -4.52. The molecule has 5 rings (SSSR count). The summed E-state index contributed by atoms with van der Waals surface area (Å²) in [5, 5.41) is 12.5. The van der Waals surface area contributed by atoms with Crippen molar-refractivity contribution in [2.24, 2.45) is 11.3 Å². The van der Waals surface area contributed by atoms with E-state index in [0.29, 0.717) is 5.56 Å². The minimum atomic E-state index is -4.48. The van der Waals surface area contributed by atoms with Crippen molar-refractivity contribution in [1.29, 1.82) is 5.26 Å². The summed E-state index contributed by atoms with van der Waals surface area (Å²) in [6.45, 7) is 3.58. The molecule has 0 spiro atoms. The van der Waals surface area contributed by atoms with Gasteiger partial charge in [-0.15, -0.1) is 0 Å². The van der Waals surface area contributed by atoms with E-state index in [2.05, 4.69) is 16.4 Å². The van der Waals surface area contributed by atoms with Crippen LogP contribution in [0.1, 0.15) is 64.6 Å². The first-order valence-electron chi connectivity index (χ1n) is 13.9. The van der Waals surface area contributed by atoms with Crippen LogP contribution in [0, 0.1) is 35.4 Å². The third-order valence-electron chi connectivity index (χ3n) is 8.01. The molecule has 2 heterocycles. The molecule has 0 aliphatic heterocycles. The molecule has 222 valence electrons. The first kappa shape index (κ1) is 30.0. The number of carbonyl (C=O) groups is 2. The summed E-state index contributed by atoms with van der Waals surface area (Å²) in [6.07, 6.45) is -4.73. The van der Waals surface area contributed by atoms with Crippen LogP contribution in [0.2, 0.25) is 0 Å². The molecule has 43 heavy (non-hydrogen) atoms. The predicted molar refractivity (Wildman–Crippen MR) is 153 cm³/mol. The van der Waals surface area contributed by atoms with Crippen molar-refractivity contribution >= 4 is 22.8 Å². The monoisotopic (exact) mass is 591 g/mol. The Bertz CT molecular complexity index is 1770. The molecule has 10 heteroatoms. The van der Waals surface area contributed by atoms with Crippen LogP contribution in [0.4, 0.5) is 17.6 Å². The third-order valence-corrected chi connectivity index (χ3v) is 8.01. The molecule has 4 aromatic rings. The summed E-state index contributed by atoms with van der Waals surface area (Å²) >= 11 is 0. The van der Waals surface area contributed by atoms with Crippen molar-refractivity contribution in [2.75, 3.05) is 7.05 Å². The number of Topliss-reactive ketones (excluding diaryl/α,β-unsaturated/α-hetero) is 1. The molecule has 0 radical (unpaired) electrons. The molecule has 1 N–H and O–H groups in total.